The van der Waals surface area contributed by atoms with Crippen LogP contribution in [0.15, 0.2) is 28.7 Å². The van der Waals surface area contributed by atoms with Crippen LogP contribution in [0.4, 0.5) is 0 Å². The standard InChI is InChI=1S/C14H20BrNO2/c15-13-3-1-2-12(8-13)9-16-10-14(11-17)4-6-18-7-5-14/h1-3,8,16-17H,4-7,9-11H2. The Labute approximate surface area is 117 Å². The lowest BCUT2D eigenvalue weighted by molar-refractivity contribution is -0.0154. The maximum Gasteiger partial charge on any atom is 0.0501 e. The Morgan fingerprint density at radius 1 is 1.33 bits per heavy atom. The van der Waals surface area contributed by atoms with E-state index < -0.39 is 0 Å². The molecule has 1 saturated heterocycles. The Bertz CT molecular complexity index is 378. The Morgan fingerprint density at radius 3 is 2.78 bits per heavy atom. The van der Waals surface area contributed by atoms with Crippen LogP contribution in [0.5, 0.6) is 0 Å². The minimum Gasteiger partial charge on any atom is -0.396 e. The summed E-state index contributed by atoms with van der Waals surface area (Å²) in [5, 5.41) is 13.0. The first-order valence-electron chi connectivity index (χ1n) is 6.38. The van der Waals surface area contributed by atoms with Gasteiger partial charge < -0.3 is 15.2 Å². The largest absolute Gasteiger partial charge is 0.396 e. The van der Waals surface area contributed by atoms with Gasteiger partial charge in [-0.15, -0.1) is 0 Å². The van der Waals surface area contributed by atoms with E-state index in [9.17, 15) is 5.11 Å². The van der Waals surface area contributed by atoms with Gasteiger partial charge in [-0.25, -0.2) is 0 Å². The molecule has 0 saturated carbocycles. The number of aliphatic hydroxyl groups excluding tert-OH is 1. The predicted octanol–water partition coefficient (Wildman–Crippen LogP) is 2.33. The number of benzene rings is 1. The van der Waals surface area contributed by atoms with Crippen LogP contribution in [0.2, 0.25) is 0 Å². The number of hydrogen-bond donors (Lipinski definition) is 2. The van der Waals surface area contributed by atoms with E-state index >= 15 is 0 Å². The van der Waals surface area contributed by atoms with Crippen LogP contribution in [0, 0.1) is 5.41 Å². The average Bonchev–Trinajstić information content (AvgIpc) is 2.40. The minimum atomic E-state index is 0.00423. The first-order chi connectivity index (χ1) is 8.74. The first kappa shape index (κ1) is 14.0. The smallest absolute Gasteiger partial charge is 0.0501 e. The Kier molecular flexibility index (Phi) is 5.18. The van der Waals surface area contributed by atoms with Gasteiger partial charge in [0.15, 0.2) is 0 Å². The van der Waals surface area contributed by atoms with Crippen LogP contribution in [0.3, 0.4) is 0 Å². The molecular formula is C14H20BrNO2. The molecule has 2 N–H and O–H groups in total. The van der Waals surface area contributed by atoms with E-state index in [0.29, 0.717) is 0 Å². The third kappa shape index (κ3) is 3.79. The lowest BCUT2D eigenvalue weighted by Crippen LogP contribution is -2.41. The number of rotatable bonds is 5. The average molecular weight is 314 g/mol. The van der Waals surface area contributed by atoms with E-state index in [2.05, 4.69) is 33.4 Å². The van der Waals surface area contributed by atoms with Crippen LogP contribution in [-0.4, -0.2) is 31.5 Å². The second-order valence-corrected chi connectivity index (χ2v) is 5.92. The van der Waals surface area contributed by atoms with Crippen molar-refractivity contribution in [2.24, 2.45) is 5.41 Å². The molecule has 1 aromatic carbocycles. The van der Waals surface area contributed by atoms with Crippen LogP contribution in [0.25, 0.3) is 0 Å². The van der Waals surface area contributed by atoms with Gasteiger partial charge in [-0.1, -0.05) is 28.1 Å². The summed E-state index contributed by atoms with van der Waals surface area (Å²) < 4.78 is 6.46. The molecule has 0 aliphatic carbocycles. The fraction of sp³-hybridized carbons (Fsp3) is 0.571. The zero-order valence-electron chi connectivity index (χ0n) is 10.5. The van der Waals surface area contributed by atoms with Crippen molar-refractivity contribution in [3.05, 3.63) is 34.3 Å². The molecule has 1 fully saturated rings. The SMILES string of the molecule is OCC1(CNCc2cccc(Br)c2)CCOCC1. The molecule has 0 amide bonds. The van der Waals surface area contributed by atoms with Gasteiger partial charge in [-0.05, 0) is 30.5 Å². The molecule has 1 heterocycles. The topological polar surface area (TPSA) is 41.5 Å². The molecule has 0 spiro atoms. The fourth-order valence-electron chi connectivity index (χ4n) is 2.31. The van der Waals surface area contributed by atoms with Crippen molar-refractivity contribution < 1.29 is 9.84 Å². The summed E-state index contributed by atoms with van der Waals surface area (Å²) in [6.07, 6.45) is 1.88. The number of nitrogens with one attached hydrogen (secondary N) is 1. The number of hydrogen-bond acceptors (Lipinski definition) is 3. The predicted molar refractivity (Wildman–Crippen MR) is 75.4 cm³/mol. The summed E-state index contributed by atoms with van der Waals surface area (Å²) in [5.74, 6) is 0. The summed E-state index contributed by atoms with van der Waals surface area (Å²) in [6, 6.07) is 8.28. The second kappa shape index (κ2) is 6.66. The molecule has 1 aliphatic heterocycles. The lowest BCUT2D eigenvalue weighted by atomic mass is 9.81. The van der Waals surface area contributed by atoms with Gasteiger partial charge in [0, 0.05) is 36.2 Å². The molecule has 0 radical (unpaired) electrons. The van der Waals surface area contributed by atoms with Crippen molar-refractivity contribution in [1.82, 2.24) is 5.32 Å². The Balaban J connectivity index is 1.83. The van der Waals surface area contributed by atoms with Crippen molar-refractivity contribution in [2.75, 3.05) is 26.4 Å². The number of ether oxygens (including phenoxy) is 1. The van der Waals surface area contributed by atoms with Crippen LogP contribution in [0.1, 0.15) is 18.4 Å². The molecule has 0 unspecified atom stereocenters. The molecule has 4 heteroatoms. The molecule has 100 valence electrons. The van der Waals surface area contributed by atoms with Gasteiger partial charge in [-0.3, -0.25) is 0 Å². The summed E-state index contributed by atoms with van der Waals surface area (Å²) in [5.41, 5.74) is 1.26. The highest BCUT2D eigenvalue weighted by atomic mass is 79.9. The van der Waals surface area contributed by atoms with Gasteiger partial charge >= 0.3 is 0 Å². The quantitative estimate of drug-likeness (QED) is 0.876. The van der Waals surface area contributed by atoms with E-state index in [1.165, 1.54) is 5.56 Å². The molecular weight excluding hydrogens is 294 g/mol. The van der Waals surface area contributed by atoms with E-state index in [0.717, 1.165) is 43.6 Å². The summed E-state index contributed by atoms with van der Waals surface area (Å²) >= 11 is 3.47. The highest BCUT2D eigenvalue weighted by molar-refractivity contribution is 9.10. The van der Waals surface area contributed by atoms with Gasteiger partial charge in [0.25, 0.3) is 0 Å². The van der Waals surface area contributed by atoms with Gasteiger partial charge in [-0.2, -0.15) is 0 Å². The highest BCUT2D eigenvalue weighted by Gasteiger charge is 2.31. The molecule has 1 aliphatic rings. The molecule has 1 aromatic rings. The van der Waals surface area contributed by atoms with E-state index in [1.54, 1.807) is 0 Å². The zero-order valence-corrected chi connectivity index (χ0v) is 12.1. The molecule has 3 nitrogen and oxygen atoms in total. The van der Waals surface area contributed by atoms with E-state index in [1.807, 2.05) is 12.1 Å². The number of aliphatic hydroxyl groups is 1. The van der Waals surface area contributed by atoms with Crippen molar-refractivity contribution in [1.29, 1.82) is 0 Å². The summed E-state index contributed by atoms with van der Waals surface area (Å²) in [6.45, 7) is 3.45. The molecule has 2 rings (SSSR count). The fourth-order valence-corrected chi connectivity index (χ4v) is 2.76. The van der Waals surface area contributed by atoms with Gasteiger partial charge in [0.1, 0.15) is 0 Å². The van der Waals surface area contributed by atoms with Crippen molar-refractivity contribution in [2.45, 2.75) is 19.4 Å². The van der Waals surface area contributed by atoms with Crippen LogP contribution in [-0.2, 0) is 11.3 Å². The minimum absolute atomic E-state index is 0.00423. The number of halogens is 1. The maximum atomic E-state index is 9.58. The summed E-state index contributed by atoms with van der Waals surface area (Å²) in [7, 11) is 0. The summed E-state index contributed by atoms with van der Waals surface area (Å²) in [4.78, 5) is 0. The second-order valence-electron chi connectivity index (χ2n) is 5.00. The van der Waals surface area contributed by atoms with Gasteiger partial charge in [0.2, 0.25) is 0 Å². The molecule has 0 atom stereocenters. The zero-order chi connectivity index (χ0) is 12.8. The van der Waals surface area contributed by atoms with Crippen molar-refractivity contribution in [3.8, 4) is 0 Å². The highest BCUT2D eigenvalue weighted by Crippen LogP contribution is 2.29. The van der Waals surface area contributed by atoms with E-state index in [-0.39, 0.29) is 12.0 Å². The molecule has 18 heavy (non-hydrogen) atoms. The third-order valence-electron chi connectivity index (χ3n) is 3.61. The Morgan fingerprint density at radius 2 is 2.11 bits per heavy atom. The van der Waals surface area contributed by atoms with Crippen molar-refractivity contribution in [3.63, 3.8) is 0 Å². The normalized spacial score (nSPS) is 18.8. The first-order valence-corrected chi connectivity index (χ1v) is 7.17. The van der Waals surface area contributed by atoms with Crippen molar-refractivity contribution >= 4 is 15.9 Å². The maximum absolute atomic E-state index is 9.58. The van der Waals surface area contributed by atoms with Crippen LogP contribution < -0.4 is 5.32 Å². The lowest BCUT2D eigenvalue weighted by Gasteiger charge is -2.35. The molecule has 0 bridgehead atoms. The van der Waals surface area contributed by atoms with Crippen LogP contribution >= 0.6 is 15.9 Å². The Hall–Kier alpha value is -0.420. The monoisotopic (exact) mass is 313 g/mol. The van der Waals surface area contributed by atoms with E-state index in [4.69, 9.17) is 4.74 Å². The molecule has 0 aromatic heterocycles. The van der Waals surface area contributed by atoms with Gasteiger partial charge in [0.05, 0.1) is 6.61 Å². The third-order valence-corrected chi connectivity index (χ3v) is 4.10.